The van der Waals surface area contributed by atoms with Gasteiger partial charge in [-0.15, -0.1) is 0 Å². The third-order valence-corrected chi connectivity index (χ3v) is 8.24. The maximum Gasteiger partial charge on any atom is 0.416 e. The van der Waals surface area contributed by atoms with Crippen molar-refractivity contribution in [2.75, 3.05) is 26.2 Å². The molecule has 1 aliphatic rings. The van der Waals surface area contributed by atoms with E-state index in [1.807, 2.05) is 4.90 Å². The van der Waals surface area contributed by atoms with Gasteiger partial charge < -0.3 is 14.4 Å². The van der Waals surface area contributed by atoms with Crippen molar-refractivity contribution in [3.8, 4) is 11.1 Å². The Morgan fingerprint density at radius 2 is 1.71 bits per heavy atom. The van der Waals surface area contributed by atoms with Crippen molar-refractivity contribution in [2.24, 2.45) is 0 Å². The smallest absolute Gasteiger partial charge is 0.336 e. The number of nitrogens with zero attached hydrogens (tertiary/aromatic N) is 4. The van der Waals surface area contributed by atoms with E-state index in [1.54, 1.807) is 13.8 Å². The highest BCUT2D eigenvalue weighted by molar-refractivity contribution is 7.98. The van der Waals surface area contributed by atoms with Gasteiger partial charge in [0.25, 0.3) is 5.56 Å². The van der Waals surface area contributed by atoms with Gasteiger partial charge in [-0.1, -0.05) is 74.0 Å². The summed E-state index contributed by atoms with van der Waals surface area (Å²) < 4.78 is 185. The minimum Gasteiger partial charge on any atom is -0.336 e. The number of carbonyl (C=O) groups excluding carboxylic acids is 1. The molecule has 48 heavy (non-hydrogen) atoms. The normalized spacial score (nSPS) is 20.8. The Morgan fingerprint density at radius 3 is 2.38 bits per heavy atom. The molecule has 0 aliphatic heterocycles. The molecule has 3 aromatic carbocycles. The number of rotatable bonds is 13. The van der Waals surface area contributed by atoms with E-state index in [0.717, 1.165) is 36.1 Å². The molecule has 0 saturated carbocycles. The number of fused-ring (bicyclic) bond motifs is 1. The van der Waals surface area contributed by atoms with E-state index in [2.05, 4.69) is 4.98 Å². The van der Waals surface area contributed by atoms with Gasteiger partial charge in [-0.3, -0.25) is 9.59 Å². The van der Waals surface area contributed by atoms with Crippen LogP contribution in [-0.4, -0.2) is 51.4 Å². The summed E-state index contributed by atoms with van der Waals surface area (Å²) in [5, 5.41) is -0.700. The van der Waals surface area contributed by atoms with Crippen molar-refractivity contribution in [3.05, 3.63) is 116 Å². The molecule has 0 fully saturated rings. The van der Waals surface area contributed by atoms with E-state index < -0.39 is 148 Å². The third-order valence-electron chi connectivity index (χ3n) is 7.41. The van der Waals surface area contributed by atoms with Gasteiger partial charge in [-0.2, -0.15) is 18.2 Å². The predicted molar refractivity (Wildman–Crippen MR) is 181 cm³/mol. The summed E-state index contributed by atoms with van der Waals surface area (Å²) in [6, 6.07) is -2.91. The molecule has 0 radical (unpaired) electrons. The van der Waals surface area contributed by atoms with Gasteiger partial charge in [0.1, 0.15) is 12.4 Å². The third kappa shape index (κ3) is 8.54. The molecule has 6 nitrogen and oxygen atoms in total. The van der Waals surface area contributed by atoms with Gasteiger partial charge in [0.05, 0.1) is 15.2 Å². The van der Waals surface area contributed by atoms with Crippen LogP contribution in [0.2, 0.25) is 0 Å². The number of hydrogen-bond acceptors (Lipinski definition) is 5. The summed E-state index contributed by atoms with van der Waals surface area (Å²) >= 11 is 0.167. The van der Waals surface area contributed by atoms with Gasteiger partial charge in [0, 0.05) is 47.6 Å². The number of hydrogen-bond donors (Lipinski definition) is 0. The average Bonchev–Trinajstić information content (AvgIpc) is 3.29. The van der Waals surface area contributed by atoms with E-state index in [-0.39, 0.29) is 30.4 Å². The number of benzene rings is 3. The first-order valence-electron chi connectivity index (χ1n) is 22.3. The first kappa shape index (κ1) is 20.5. The second-order valence-electron chi connectivity index (χ2n) is 10.5. The Balaban J connectivity index is 1.70. The van der Waals surface area contributed by atoms with Crippen LogP contribution in [0.5, 0.6) is 0 Å². The lowest BCUT2D eigenvalue weighted by atomic mass is 9.98. The molecule has 4 aromatic rings. The van der Waals surface area contributed by atoms with Gasteiger partial charge in [-0.05, 0) is 85.1 Å². The highest BCUT2D eigenvalue weighted by Crippen LogP contribution is 2.34. The number of thioether (sulfide) groups is 1. The van der Waals surface area contributed by atoms with Crippen molar-refractivity contribution in [3.63, 3.8) is 0 Å². The first-order chi connectivity index (χ1) is 28.9. The fraction of sp³-hybridized carbons (Fsp3) is 0.378. The standard InChI is InChI=1S/C37H40F4N4O2S/c1-4-43(5-2)19-20-44(22-26-9-13-28(14-10-26)29-15-18-32(25(3)21-29)37(39,40)41)34(46)23-45-33-8-6-7-31(33)35(47)42-36(45)48-24-27-11-16-30(38)17-12-27/h9-18,21H,4-8,19-20,22-24H2,1-3H3/i6D2,7D2,8D2,9D,10D,13D,14D,15D,18D,21D,24D2. The topological polar surface area (TPSA) is 58.4 Å². The predicted octanol–water partition coefficient (Wildman–Crippen LogP) is 7.53. The van der Waals surface area contributed by atoms with E-state index in [1.165, 1.54) is 0 Å². The molecule has 0 spiro atoms. The maximum absolute atomic E-state index is 14.7. The summed E-state index contributed by atoms with van der Waals surface area (Å²) in [7, 11) is 0. The second kappa shape index (κ2) is 15.5. The van der Waals surface area contributed by atoms with Crippen LogP contribution in [-0.2, 0) is 42.5 Å². The van der Waals surface area contributed by atoms with E-state index in [4.69, 9.17) is 20.6 Å². The summed E-state index contributed by atoms with van der Waals surface area (Å²) in [4.78, 5) is 34.9. The first-order valence-corrected chi connectivity index (χ1v) is 15.6. The van der Waals surface area contributed by atoms with Crippen LogP contribution in [0.25, 0.3) is 11.1 Å². The molecule has 1 heterocycles. The molecular weight excluding hydrogens is 640 g/mol. The Bertz CT molecular complexity index is 2480. The monoisotopic (exact) mass is 695 g/mol. The lowest BCUT2D eigenvalue weighted by molar-refractivity contribution is -0.138. The number of alkyl halides is 3. The van der Waals surface area contributed by atoms with Crippen LogP contribution in [0.4, 0.5) is 17.6 Å². The Morgan fingerprint density at radius 1 is 1.02 bits per heavy atom. The number of amides is 1. The summed E-state index contributed by atoms with van der Waals surface area (Å²) in [6.07, 6.45) is -15.3. The molecule has 0 unspecified atom stereocenters. The molecule has 0 bridgehead atoms. The maximum atomic E-state index is 14.7. The molecule has 5 rings (SSSR count). The van der Waals surface area contributed by atoms with E-state index in [9.17, 15) is 27.2 Å². The van der Waals surface area contributed by atoms with Crippen molar-refractivity contribution in [1.82, 2.24) is 19.4 Å². The Hall–Kier alpha value is -3.96. The van der Waals surface area contributed by atoms with Gasteiger partial charge >= 0.3 is 6.18 Å². The quantitative estimate of drug-likeness (QED) is 0.0823. The van der Waals surface area contributed by atoms with Gasteiger partial charge in [0.15, 0.2) is 5.16 Å². The van der Waals surface area contributed by atoms with Crippen LogP contribution < -0.4 is 5.56 Å². The van der Waals surface area contributed by atoms with Gasteiger partial charge in [0.2, 0.25) is 5.91 Å². The SMILES string of the molecule is [2H]c1c([2H])c(-c2c([2H])c([2H])c(C(F)(F)F)c(C)c2[2H])c([2H])c([2H])c1CN(CCN(CC)CC)C(=O)Cn1c(SC([2H])([2H])c2ccc(F)cc2)nc(=O)c2c1C([2H])([2H])C([2H])([2H])C2([2H])[2H]. The largest absolute Gasteiger partial charge is 0.416 e. The average molecular weight is 696 g/mol. The molecule has 1 aliphatic carbocycles. The molecular formula is C37H40F4N4O2S. The van der Waals surface area contributed by atoms with E-state index in [0.29, 0.717) is 17.7 Å². The molecule has 0 atom stereocenters. The van der Waals surface area contributed by atoms with Crippen molar-refractivity contribution in [2.45, 2.75) is 70.0 Å². The summed E-state index contributed by atoms with van der Waals surface area (Å²) in [5.74, 6) is -1.74. The van der Waals surface area contributed by atoms with Crippen molar-refractivity contribution in [1.29, 1.82) is 0 Å². The lowest BCUT2D eigenvalue weighted by Crippen LogP contribution is -2.40. The zero-order valence-corrected chi connectivity index (χ0v) is 26.9. The number of halogens is 4. The van der Waals surface area contributed by atoms with Crippen molar-refractivity contribution < 1.29 is 42.9 Å². The molecule has 254 valence electrons. The zero-order chi connectivity index (χ0) is 47.7. The number of likely N-dealkylation sites (N-methyl/N-ethyl adjacent to an activating group) is 1. The molecule has 0 N–H and O–H groups in total. The van der Waals surface area contributed by atoms with Crippen molar-refractivity contribution >= 4 is 17.7 Å². The van der Waals surface area contributed by atoms with Crippen LogP contribution in [0, 0.1) is 12.7 Å². The Kier molecular flexibility index (Phi) is 6.63. The zero-order valence-electron chi connectivity index (χ0n) is 41.1. The van der Waals surface area contributed by atoms with Crippen LogP contribution in [0.15, 0.2) is 76.5 Å². The molecule has 11 heteroatoms. The fourth-order valence-electron chi connectivity index (χ4n) is 4.75. The molecule has 1 amide bonds. The lowest BCUT2D eigenvalue weighted by Gasteiger charge is -2.28. The highest BCUT2D eigenvalue weighted by Gasteiger charge is 2.32. The Labute approximate surface area is 303 Å². The van der Waals surface area contributed by atoms with Crippen LogP contribution in [0.1, 0.15) is 74.3 Å². The minimum atomic E-state index is -5.13. The second-order valence-corrected chi connectivity index (χ2v) is 11.3. The van der Waals surface area contributed by atoms with E-state index >= 15 is 0 Å². The van der Waals surface area contributed by atoms with Crippen LogP contribution in [0.3, 0.4) is 0 Å². The number of aromatic nitrogens is 2. The fourth-order valence-corrected chi connectivity index (χ4v) is 5.49. The summed E-state index contributed by atoms with van der Waals surface area (Å²) in [6.45, 7) is 3.47. The molecule has 1 aromatic heterocycles. The van der Waals surface area contributed by atoms with Crippen LogP contribution >= 0.6 is 11.8 Å². The molecule has 0 saturated heterocycles. The highest BCUT2D eigenvalue weighted by atomic mass is 32.2. The van der Waals surface area contributed by atoms with Gasteiger partial charge in [-0.25, -0.2) is 4.39 Å². The minimum absolute atomic E-state index is 0.113. The summed E-state index contributed by atoms with van der Waals surface area (Å²) in [5.41, 5.74) is -10.5. The number of carbonyl (C=O) groups is 1.